The Labute approximate surface area is 53.4 Å². The summed E-state index contributed by atoms with van der Waals surface area (Å²) in [6.07, 6.45) is 0.438. The first-order chi connectivity index (χ1) is 2.56. The van der Waals surface area contributed by atoms with E-state index >= 15 is 0 Å². The van der Waals surface area contributed by atoms with Crippen LogP contribution < -0.4 is 0 Å². The van der Waals surface area contributed by atoms with E-state index in [1.54, 1.807) is 6.92 Å². The van der Waals surface area contributed by atoms with Crippen LogP contribution >= 0.6 is 31.9 Å². The minimum atomic E-state index is -1.33. The molecule has 0 aromatic rings. The van der Waals surface area contributed by atoms with Gasteiger partial charge < -0.3 is 0 Å². The molecule has 0 aliphatic carbocycles. The van der Waals surface area contributed by atoms with E-state index in [0.717, 1.165) is 0 Å². The van der Waals surface area contributed by atoms with E-state index in [1.165, 1.54) is 0 Å². The molecule has 0 N–H and O–H groups in total. The van der Waals surface area contributed by atoms with Gasteiger partial charge in [-0.05, 0) is 38.3 Å². The first-order valence-corrected chi connectivity index (χ1v) is 3.21. The van der Waals surface area contributed by atoms with Crippen molar-refractivity contribution in [2.24, 2.45) is 0 Å². The second-order valence-corrected chi connectivity index (χ2v) is 4.55. The number of alkyl halides is 3. The maximum Gasteiger partial charge on any atom is 0.218 e. The Balaban J connectivity index is 3.17. The molecule has 0 spiro atoms. The Hall–Kier alpha value is 0.890. The highest BCUT2D eigenvalue weighted by Gasteiger charge is 2.15. The van der Waals surface area contributed by atoms with Gasteiger partial charge in [-0.3, -0.25) is 0 Å². The Morgan fingerprint density at radius 1 is 1.67 bits per heavy atom. The first kappa shape index (κ1) is 6.89. The van der Waals surface area contributed by atoms with Crippen LogP contribution in [0.5, 0.6) is 0 Å². The quantitative estimate of drug-likeness (QED) is 0.596. The molecular weight excluding hydrogens is 215 g/mol. The third-order valence-electron chi connectivity index (χ3n) is 0.401. The molecular formula is C3H5Br2F. The summed E-state index contributed by atoms with van der Waals surface area (Å²) < 4.78 is 10.6. The van der Waals surface area contributed by atoms with E-state index in [-0.39, 0.29) is 0 Å². The summed E-state index contributed by atoms with van der Waals surface area (Å²) in [7, 11) is 0. The van der Waals surface area contributed by atoms with Crippen molar-refractivity contribution in [2.45, 2.75) is 16.8 Å². The summed E-state index contributed by atoms with van der Waals surface area (Å²) in [5, 5.41) is 0. The van der Waals surface area contributed by atoms with Crippen molar-refractivity contribution < 1.29 is 4.39 Å². The Kier molecular flexibility index (Phi) is 2.60. The largest absolute Gasteiger partial charge is 0.219 e. The van der Waals surface area contributed by atoms with Crippen LogP contribution in [0.25, 0.3) is 0 Å². The van der Waals surface area contributed by atoms with Gasteiger partial charge in [-0.1, -0.05) is 6.92 Å². The summed E-state index contributed by atoms with van der Waals surface area (Å²) in [6.45, 7) is 1.74. The van der Waals surface area contributed by atoms with Crippen LogP contribution in [0.4, 0.5) is 4.39 Å². The highest BCUT2D eigenvalue weighted by atomic mass is 79.9. The van der Waals surface area contributed by atoms with Crippen molar-refractivity contribution >= 4 is 31.9 Å². The molecule has 0 aliphatic rings. The number of hydrogen-bond donors (Lipinski definition) is 0. The van der Waals surface area contributed by atoms with Crippen LogP contribution in [0.2, 0.25) is 0 Å². The number of hydrogen-bond acceptors (Lipinski definition) is 0. The van der Waals surface area contributed by atoms with Gasteiger partial charge >= 0.3 is 0 Å². The van der Waals surface area contributed by atoms with Gasteiger partial charge in [0.15, 0.2) is 0 Å². The zero-order chi connectivity index (χ0) is 5.21. The standard InChI is InChI=1S/C3H5Br2F/c1-2-3(4,5)6/h2H2,1H3. The van der Waals surface area contributed by atoms with Crippen LogP contribution in [0.1, 0.15) is 13.3 Å². The van der Waals surface area contributed by atoms with Gasteiger partial charge in [-0.25, -0.2) is 4.39 Å². The zero-order valence-electron chi connectivity index (χ0n) is 3.34. The van der Waals surface area contributed by atoms with Gasteiger partial charge in [-0.2, -0.15) is 0 Å². The second kappa shape index (κ2) is 2.26. The highest BCUT2D eigenvalue weighted by molar-refractivity contribution is 9.25. The molecule has 0 bridgehead atoms. The summed E-state index contributed by atoms with van der Waals surface area (Å²) in [5.41, 5.74) is 0. The predicted molar refractivity (Wildman–Crippen MR) is 32.0 cm³/mol. The van der Waals surface area contributed by atoms with Gasteiger partial charge in [0.25, 0.3) is 0 Å². The summed E-state index contributed by atoms with van der Waals surface area (Å²) in [4.78, 5) is 0. The van der Waals surface area contributed by atoms with E-state index in [1.807, 2.05) is 0 Å². The third-order valence-corrected chi connectivity index (χ3v) is 1.52. The molecule has 0 unspecified atom stereocenters. The highest BCUT2D eigenvalue weighted by Crippen LogP contribution is 2.30. The first-order valence-electron chi connectivity index (χ1n) is 1.63. The van der Waals surface area contributed by atoms with Crippen LogP contribution in [-0.2, 0) is 0 Å². The van der Waals surface area contributed by atoms with Crippen LogP contribution in [0.15, 0.2) is 0 Å². The third kappa shape index (κ3) is 4.89. The van der Waals surface area contributed by atoms with E-state index in [2.05, 4.69) is 31.9 Å². The summed E-state index contributed by atoms with van der Waals surface area (Å²) in [6, 6.07) is 0. The molecule has 0 aliphatic heterocycles. The molecule has 0 saturated heterocycles. The van der Waals surface area contributed by atoms with Crippen molar-refractivity contribution in [3.05, 3.63) is 0 Å². The average molecular weight is 220 g/mol. The van der Waals surface area contributed by atoms with Gasteiger partial charge in [0.2, 0.25) is 3.49 Å². The molecule has 6 heavy (non-hydrogen) atoms. The van der Waals surface area contributed by atoms with Gasteiger partial charge in [0, 0.05) is 0 Å². The van der Waals surface area contributed by atoms with E-state index in [9.17, 15) is 4.39 Å². The molecule has 0 amide bonds. The fourth-order valence-electron chi connectivity index (χ4n) is 0. The summed E-state index contributed by atoms with van der Waals surface area (Å²) in [5.74, 6) is 0. The smallest absolute Gasteiger partial charge is 0.218 e. The molecule has 0 radical (unpaired) electrons. The van der Waals surface area contributed by atoms with Crippen molar-refractivity contribution in [2.75, 3.05) is 0 Å². The Bertz CT molecular complexity index is 38.5. The molecule has 0 nitrogen and oxygen atoms in total. The van der Waals surface area contributed by atoms with Crippen molar-refractivity contribution in [3.8, 4) is 0 Å². The normalized spacial score (nSPS) is 12.0. The Morgan fingerprint density at radius 3 is 1.83 bits per heavy atom. The van der Waals surface area contributed by atoms with Crippen LogP contribution in [0, 0.1) is 0 Å². The number of halogens is 3. The molecule has 0 saturated carbocycles. The van der Waals surface area contributed by atoms with Crippen molar-refractivity contribution in [1.82, 2.24) is 0 Å². The SMILES string of the molecule is CCC(F)(Br)Br. The lowest BCUT2D eigenvalue weighted by Gasteiger charge is -2.01. The van der Waals surface area contributed by atoms with Crippen LogP contribution in [0.3, 0.4) is 0 Å². The summed E-state index contributed by atoms with van der Waals surface area (Å²) >= 11 is 5.45. The lowest BCUT2D eigenvalue weighted by atomic mass is 10.6. The topological polar surface area (TPSA) is 0 Å². The van der Waals surface area contributed by atoms with Crippen LogP contribution in [-0.4, -0.2) is 3.49 Å². The molecule has 0 rings (SSSR count). The maximum absolute atomic E-state index is 12.0. The van der Waals surface area contributed by atoms with E-state index < -0.39 is 3.49 Å². The zero-order valence-corrected chi connectivity index (χ0v) is 6.51. The maximum atomic E-state index is 12.0. The molecule has 0 fully saturated rings. The Morgan fingerprint density at radius 2 is 1.83 bits per heavy atom. The monoisotopic (exact) mass is 218 g/mol. The average Bonchev–Trinajstić information content (AvgIpc) is 1.35. The lowest BCUT2D eigenvalue weighted by Crippen LogP contribution is -1.95. The van der Waals surface area contributed by atoms with E-state index in [4.69, 9.17) is 0 Å². The fraction of sp³-hybridized carbons (Fsp3) is 1.00. The predicted octanol–water partition coefficient (Wildman–Crippen LogP) is 2.81. The van der Waals surface area contributed by atoms with Crippen molar-refractivity contribution in [3.63, 3.8) is 0 Å². The van der Waals surface area contributed by atoms with Gasteiger partial charge in [0.1, 0.15) is 0 Å². The molecule has 0 aromatic carbocycles. The molecule has 0 heterocycles. The fourth-order valence-corrected chi connectivity index (χ4v) is 0. The minimum absolute atomic E-state index is 0.438. The van der Waals surface area contributed by atoms with Gasteiger partial charge in [0.05, 0.1) is 0 Å². The van der Waals surface area contributed by atoms with Crippen molar-refractivity contribution in [1.29, 1.82) is 0 Å². The number of rotatable bonds is 1. The molecule has 0 atom stereocenters. The van der Waals surface area contributed by atoms with Gasteiger partial charge in [-0.15, -0.1) is 0 Å². The molecule has 3 heteroatoms. The molecule has 38 valence electrons. The second-order valence-electron chi connectivity index (χ2n) is 0.969. The molecule has 0 aromatic heterocycles. The minimum Gasteiger partial charge on any atom is -0.219 e. The lowest BCUT2D eigenvalue weighted by molar-refractivity contribution is 0.420. The van der Waals surface area contributed by atoms with E-state index in [0.29, 0.717) is 6.42 Å².